The van der Waals surface area contributed by atoms with Crippen LogP contribution in [0.2, 0.25) is 0 Å². The van der Waals surface area contributed by atoms with E-state index in [1.807, 2.05) is 81.4 Å². The Morgan fingerprint density at radius 3 is 1.94 bits per heavy atom. The average molecular weight is 425 g/mol. The third kappa shape index (κ3) is 4.65. The highest BCUT2D eigenvalue weighted by atomic mass is 16.7. The molecule has 31 heavy (non-hydrogen) atoms. The van der Waals surface area contributed by atoms with Crippen LogP contribution < -0.4 is 0 Å². The van der Waals surface area contributed by atoms with Crippen molar-refractivity contribution >= 4 is 11.9 Å². The fourth-order valence-corrected chi connectivity index (χ4v) is 4.55. The SMILES string of the molecule is CC(=O)ON1C(=O)[C@](N(Cc2ccccc2)Cc2ccccc2)(C(C)(C)C)C[C@H]1CO. The lowest BCUT2D eigenvalue weighted by atomic mass is 9.70. The van der Waals surface area contributed by atoms with Gasteiger partial charge in [0, 0.05) is 26.4 Å². The number of aliphatic hydroxyl groups excluding tert-OH is 1. The molecule has 2 aromatic rings. The molecule has 0 aromatic heterocycles. The second-order valence-corrected chi connectivity index (χ2v) is 9.19. The molecule has 1 aliphatic rings. The van der Waals surface area contributed by atoms with Crippen LogP contribution in [-0.2, 0) is 27.5 Å². The standard InChI is InChI=1S/C25H32N2O4/c1-19(29)31-27-22(18-28)15-25(23(27)30,24(2,3)4)26(16-20-11-7-5-8-12-20)17-21-13-9-6-10-14-21/h5-14,22,28H,15-18H2,1-4H3/t22-,25-/m0/s1. The van der Waals surface area contributed by atoms with Crippen LogP contribution in [0, 0.1) is 5.41 Å². The van der Waals surface area contributed by atoms with E-state index in [4.69, 9.17) is 4.84 Å². The Kier molecular flexibility index (Phi) is 6.82. The van der Waals surface area contributed by atoms with E-state index in [1.54, 1.807) is 0 Å². The highest BCUT2D eigenvalue weighted by molar-refractivity contribution is 5.90. The van der Waals surface area contributed by atoms with Crippen molar-refractivity contribution in [3.05, 3.63) is 71.8 Å². The molecule has 1 heterocycles. The van der Waals surface area contributed by atoms with Crippen LogP contribution >= 0.6 is 0 Å². The van der Waals surface area contributed by atoms with Gasteiger partial charge in [0.2, 0.25) is 0 Å². The molecule has 0 unspecified atom stereocenters. The van der Waals surface area contributed by atoms with E-state index in [0.717, 1.165) is 16.2 Å². The third-order valence-corrected chi connectivity index (χ3v) is 6.07. The molecular weight excluding hydrogens is 392 g/mol. The Hall–Kier alpha value is -2.70. The summed E-state index contributed by atoms with van der Waals surface area (Å²) in [5.74, 6) is -0.865. The van der Waals surface area contributed by atoms with Gasteiger partial charge in [-0.3, -0.25) is 14.5 Å². The summed E-state index contributed by atoms with van der Waals surface area (Å²) in [4.78, 5) is 33.1. The lowest BCUT2D eigenvalue weighted by Crippen LogP contribution is -2.61. The minimum atomic E-state index is -0.971. The van der Waals surface area contributed by atoms with E-state index in [9.17, 15) is 14.7 Å². The lowest BCUT2D eigenvalue weighted by molar-refractivity contribution is -0.204. The molecule has 0 aliphatic carbocycles. The number of carbonyl (C=O) groups is 2. The lowest BCUT2D eigenvalue weighted by Gasteiger charge is -2.48. The van der Waals surface area contributed by atoms with E-state index in [-0.39, 0.29) is 12.5 Å². The van der Waals surface area contributed by atoms with Crippen molar-refractivity contribution in [2.45, 2.75) is 58.8 Å². The molecule has 0 spiro atoms. The number of hydroxylamine groups is 2. The summed E-state index contributed by atoms with van der Waals surface area (Å²) in [7, 11) is 0. The Balaban J connectivity index is 2.10. The molecule has 2 atom stereocenters. The molecule has 166 valence electrons. The Bertz CT molecular complexity index is 853. The van der Waals surface area contributed by atoms with Gasteiger partial charge in [0.25, 0.3) is 5.91 Å². The average Bonchev–Trinajstić information content (AvgIpc) is 3.01. The van der Waals surface area contributed by atoms with Crippen LogP contribution in [0.3, 0.4) is 0 Å². The molecule has 0 radical (unpaired) electrons. The molecule has 1 fully saturated rings. The highest BCUT2D eigenvalue weighted by Gasteiger charge is 2.62. The smallest absolute Gasteiger partial charge is 0.329 e. The summed E-state index contributed by atoms with van der Waals surface area (Å²) in [5.41, 5.74) is 0.708. The highest BCUT2D eigenvalue weighted by Crippen LogP contribution is 2.47. The minimum Gasteiger partial charge on any atom is -0.394 e. The van der Waals surface area contributed by atoms with Crippen LogP contribution in [0.25, 0.3) is 0 Å². The predicted octanol–water partition coefficient (Wildman–Crippen LogP) is 3.55. The molecule has 6 nitrogen and oxygen atoms in total. The first-order valence-electron chi connectivity index (χ1n) is 10.6. The predicted molar refractivity (Wildman–Crippen MR) is 118 cm³/mol. The summed E-state index contributed by atoms with van der Waals surface area (Å²) in [6, 6.07) is 19.5. The van der Waals surface area contributed by atoms with E-state index in [0.29, 0.717) is 19.5 Å². The number of carbonyl (C=O) groups excluding carboxylic acids is 2. The number of nitrogens with zero attached hydrogens (tertiary/aromatic N) is 2. The van der Waals surface area contributed by atoms with E-state index < -0.39 is 23.0 Å². The zero-order valence-corrected chi connectivity index (χ0v) is 18.7. The van der Waals surface area contributed by atoms with Gasteiger partial charge in [-0.1, -0.05) is 81.4 Å². The van der Waals surface area contributed by atoms with E-state index in [2.05, 4.69) is 4.90 Å². The molecule has 2 aromatic carbocycles. The number of hydrogen-bond acceptors (Lipinski definition) is 5. The van der Waals surface area contributed by atoms with Crippen molar-refractivity contribution in [2.75, 3.05) is 6.61 Å². The van der Waals surface area contributed by atoms with Crippen LogP contribution in [0.1, 0.15) is 45.2 Å². The van der Waals surface area contributed by atoms with Gasteiger partial charge in [-0.2, -0.15) is 5.06 Å². The topological polar surface area (TPSA) is 70.1 Å². The summed E-state index contributed by atoms with van der Waals surface area (Å²) in [6.45, 7) is 8.17. The zero-order chi connectivity index (χ0) is 22.6. The first-order chi connectivity index (χ1) is 14.7. The van der Waals surface area contributed by atoms with Gasteiger partial charge >= 0.3 is 5.97 Å². The van der Waals surface area contributed by atoms with Gasteiger partial charge in [-0.15, -0.1) is 0 Å². The Morgan fingerprint density at radius 2 is 1.55 bits per heavy atom. The molecule has 0 bridgehead atoms. The van der Waals surface area contributed by atoms with Crippen LogP contribution in [-0.4, -0.2) is 45.1 Å². The molecule has 0 saturated carbocycles. The second kappa shape index (κ2) is 9.20. The van der Waals surface area contributed by atoms with Gasteiger partial charge in [-0.25, -0.2) is 0 Å². The number of hydrogen-bond donors (Lipinski definition) is 1. The monoisotopic (exact) mass is 424 g/mol. The number of aliphatic hydroxyl groups is 1. The summed E-state index contributed by atoms with van der Waals surface area (Å²) >= 11 is 0. The zero-order valence-electron chi connectivity index (χ0n) is 18.7. The Morgan fingerprint density at radius 1 is 1.06 bits per heavy atom. The van der Waals surface area contributed by atoms with Crippen molar-refractivity contribution in [1.82, 2.24) is 9.96 Å². The van der Waals surface area contributed by atoms with E-state index in [1.165, 1.54) is 6.92 Å². The molecular formula is C25H32N2O4. The molecule has 1 aliphatic heterocycles. The van der Waals surface area contributed by atoms with Gasteiger partial charge in [0.05, 0.1) is 12.6 Å². The second-order valence-electron chi connectivity index (χ2n) is 9.19. The number of amides is 1. The number of benzene rings is 2. The fourth-order valence-electron chi connectivity index (χ4n) is 4.55. The van der Waals surface area contributed by atoms with Crippen molar-refractivity contribution < 1.29 is 19.5 Å². The van der Waals surface area contributed by atoms with Crippen LogP contribution in [0.5, 0.6) is 0 Å². The molecule has 1 saturated heterocycles. The van der Waals surface area contributed by atoms with Gasteiger partial charge < -0.3 is 9.94 Å². The first-order valence-corrected chi connectivity index (χ1v) is 10.6. The summed E-state index contributed by atoms with van der Waals surface area (Å²) in [6.07, 6.45) is 0.360. The fraction of sp³-hybridized carbons (Fsp3) is 0.440. The molecule has 3 rings (SSSR count). The quantitative estimate of drug-likeness (QED) is 0.736. The first kappa shape index (κ1) is 23.0. The number of rotatable bonds is 7. The van der Waals surface area contributed by atoms with Crippen molar-refractivity contribution in [3.63, 3.8) is 0 Å². The van der Waals surface area contributed by atoms with Gasteiger partial charge in [0.15, 0.2) is 0 Å². The van der Waals surface area contributed by atoms with Crippen LogP contribution in [0.15, 0.2) is 60.7 Å². The Labute approximate surface area is 184 Å². The summed E-state index contributed by atoms with van der Waals surface area (Å²) < 4.78 is 0. The maximum atomic E-state index is 13.9. The minimum absolute atomic E-state index is 0.276. The summed E-state index contributed by atoms with van der Waals surface area (Å²) in [5, 5.41) is 11.1. The van der Waals surface area contributed by atoms with E-state index >= 15 is 0 Å². The molecule has 1 N–H and O–H groups in total. The maximum absolute atomic E-state index is 13.9. The van der Waals surface area contributed by atoms with Crippen LogP contribution in [0.4, 0.5) is 0 Å². The molecule has 6 heteroatoms. The maximum Gasteiger partial charge on any atom is 0.329 e. The molecule has 1 amide bonds. The van der Waals surface area contributed by atoms with Gasteiger partial charge in [0.1, 0.15) is 5.54 Å². The van der Waals surface area contributed by atoms with Gasteiger partial charge in [-0.05, 0) is 16.5 Å². The third-order valence-electron chi connectivity index (χ3n) is 6.07. The van der Waals surface area contributed by atoms with Crippen molar-refractivity contribution in [1.29, 1.82) is 0 Å². The largest absolute Gasteiger partial charge is 0.394 e. The van der Waals surface area contributed by atoms with Crippen molar-refractivity contribution in [3.8, 4) is 0 Å². The normalized spacial score (nSPS) is 21.5. The van der Waals surface area contributed by atoms with Crippen molar-refractivity contribution in [2.24, 2.45) is 5.41 Å².